The quantitative estimate of drug-likeness (QED) is 0.703. The van der Waals surface area contributed by atoms with E-state index in [1.807, 2.05) is 0 Å². The Morgan fingerprint density at radius 2 is 1.67 bits per heavy atom. The third-order valence-corrected chi connectivity index (χ3v) is 4.78. The molecule has 3 unspecified atom stereocenters. The molecule has 4 bridgehead atoms. The van der Waals surface area contributed by atoms with Crippen LogP contribution in [0.2, 0.25) is 0 Å². The molecule has 5 N–H and O–H groups in total. The Labute approximate surface area is 97.1 Å². The molecule has 0 radical (unpaired) electrons. The van der Waals surface area contributed by atoms with Gasteiger partial charge in [-0.2, -0.15) is 0 Å². The molecule has 4 saturated carbocycles. The van der Waals surface area contributed by atoms with Crippen LogP contribution in [0, 0.1) is 23.2 Å². The molecule has 0 aliphatic heterocycles. The summed E-state index contributed by atoms with van der Waals surface area (Å²) in [5.41, 5.74) is 6.33. The predicted octanol–water partition coefficient (Wildman–Crippen LogP) is 0.729. The summed E-state index contributed by atoms with van der Waals surface area (Å²) in [5, 5.41) is 10.00. The summed E-state index contributed by atoms with van der Waals surface area (Å²) in [7, 11) is 0. The highest BCUT2D eigenvalue weighted by Gasteiger charge is 2.54. The maximum atomic E-state index is 10.00. The van der Waals surface area contributed by atoms with Crippen LogP contribution >= 0.6 is 12.4 Å². The van der Waals surface area contributed by atoms with Gasteiger partial charge in [-0.25, -0.2) is 0 Å². The Kier molecular flexibility index (Phi) is 3.71. The van der Waals surface area contributed by atoms with Crippen LogP contribution in [0.15, 0.2) is 0 Å². The molecular formula is C11H22ClNO2. The van der Waals surface area contributed by atoms with Crippen LogP contribution in [0.4, 0.5) is 0 Å². The number of hydrogen-bond acceptors (Lipinski definition) is 2. The average Bonchev–Trinajstić information content (AvgIpc) is 2.13. The summed E-state index contributed by atoms with van der Waals surface area (Å²) in [5.74, 6) is 2.08. The van der Waals surface area contributed by atoms with Crippen LogP contribution in [-0.2, 0) is 0 Å². The van der Waals surface area contributed by atoms with Crippen LogP contribution in [0.25, 0.3) is 0 Å². The topological polar surface area (TPSA) is 77.8 Å². The van der Waals surface area contributed by atoms with Crippen LogP contribution in [0.5, 0.6) is 0 Å². The van der Waals surface area contributed by atoms with Gasteiger partial charge in [-0.15, -0.1) is 12.4 Å². The Hall–Kier alpha value is 0.170. The number of aliphatic hydroxyl groups is 1. The van der Waals surface area contributed by atoms with Crippen molar-refractivity contribution in [2.24, 2.45) is 28.9 Å². The molecule has 4 fully saturated rings. The number of halogens is 1. The van der Waals surface area contributed by atoms with E-state index in [0.717, 1.165) is 12.5 Å². The van der Waals surface area contributed by atoms with Crippen molar-refractivity contribution in [1.29, 1.82) is 0 Å². The SMILES string of the molecule is Cl.NCC12CC3C[C@H](C1)C(O)[C@@H](C3)C2.O. The Balaban J connectivity index is 0.000000562. The van der Waals surface area contributed by atoms with Gasteiger partial charge in [0.25, 0.3) is 0 Å². The maximum Gasteiger partial charge on any atom is 0.0597 e. The van der Waals surface area contributed by atoms with Crippen LogP contribution < -0.4 is 5.73 Å². The molecule has 5 atom stereocenters. The molecule has 0 aromatic heterocycles. The van der Waals surface area contributed by atoms with E-state index in [4.69, 9.17) is 5.73 Å². The van der Waals surface area contributed by atoms with Gasteiger partial charge in [-0.1, -0.05) is 0 Å². The molecule has 4 aliphatic rings. The molecule has 3 nitrogen and oxygen atoms in total. The van der Waals surface area contributed by atoms with Crippen molar-refractivity contribution in [2.45, 2.75) is 38.2 Å². The van der Waals surface area contributed by atoms with Gasteiger partial charge in [-0.3, -0.25) is 0 Å². The molecule has 90 valence electrons. The summed E-state index contributed by atoms with van der Waals surface area (Å²) < 4.78 is 0. The zero-order valence-corrected chi connectivity index (χ0v) is 9.80. The summed E-state index contributed by atoms with van der Waals surface area (Å²) in [6.07, 6.45) is 6.33. The number of hydrogen-bond donors (Lipinski definition) is 2. The van der Waals surface area contributed by atoms with E-state index in [-0.39, 0.29) is 24.0 Å². The van der Waals surface area contributed by atoms with E-state index >= 15 is 0 Å². The number of aliphatic hydroxyl groups excluding tert-OH is 1. The van der Waals surface area contributed by atoms with Gasteiger partial charge in [0.2, 0.25) is 0 Å². The zero-order valence-electron chi connectivity index (χ0n) is 8.98. The lowest BCUT2D eigenvalue weighted by atomic mass is 9.48. The molecule has 0 heterocycles. The summed E-state index contributed by atoms with van der Waals surface area (Å²) in [6.45, 7) is 0.850. The first-order valence-electron chi connectivity index (χ1n) is 5.61. The molecule has 4 heteroatoms. The fraction of sp³-hybridized carbons (Fsp3) is 1.00. The van der Waals surface area contributed by atoms with Gasteiger partial charge in [0.1, 0.15) is 0 Å². The minimum atomic E-state index is 0. The highest BCUT2D eigenvalue weighted by atomic mass is 35.5. The van der Waals surface area contributed by atoms with Crippen molar-refractivity contribution < 1.29 is 10.6 Å². The number of rotatable bonds is 1. The normalized spacial score (nSPS) is 50.8. The third-order valence-electron chi connectivity index (χ3n) is 4.78. The maximum absolute atomic E-state index is 10.00. The molecule has 0 aromatic carbocycles. The third kappa shape index (κ3) is 1.80. The van der Waals surface area contributed by atoms with Crippen LogP contribution in [0.1, 0.15) is 32.1 Å². The lowest BCUT2D eigenvalue weighted by Crippen LogP contribution is -2.55. The van der Waals surface area contributed by atoms with Crippen LogP contribution in [-0.4, -0.2) is 23.2 Å². The highest BCUT2D eigenvalue weighted by Crippen LogP contribution is 2.59. The van der Waals surface area contributed by atoms with Gasteiger partial charge in [-0.05, 0) is 61.8 Å². The summed E-state index contributed by atoms with van der Waals surface area (Å²) in [4.78, 5) is 0. The van der Waals surface area contributed by atoms with Crippen molar-refractivity contribution >= 4 is 12.4 Å². The second-order valence-electron chi connectivity index (χ2n) is 5.66. The molecule has 0 aromatic rings. The molecule has 0 spiro atoms. The first-order valence-corrected chi connectivity index (χ1v) is 5.61. The van der Waals surface area contributed by atoms with Crippen molar-refractivity contribution in [2.75, 3.05) is 6.54 Å². The minimum Gasteiger partial charge on any atom is -0.412 e. The van der Waals surface area contributed by atoms with E-state index in [2.05, 4.69) is 0 Å². The van der Waals surface area contributed by atoms with E-state index < -0.39 is 0 Å². The Morgan fingerprint density at radius 3 is 2.13 bits per heavy atom. The molecule has 4 aliphatic carbocycles. The monoisotopic (exact) mass is 235 g/mol. The standard InChI is InChI=1S/C11H19NO.ClH.H2O/c12-6-11-3-7-1-8(4-11)10(13)9(2-7)5-11;;/h7-10,13H,1-6,12H2;1H;1H2/t7?,8-,9+,10?,11?;;. The smallest absolute Gasteiger partial charge is 0.0597 e. The molecule has 0 saturated heterocycles. The van der Waals surface area contributed by atoms with Gasteiger partial charge < -0.3 is 16.3 Å². The van der Waals surface area contributed by atoms with Gasteiger partial charge in [0.15, 0.2) is 0 Å². The Bertz CT molecular complexity index is 221. The van der Waals surface area contributed by atoms with Gasteiger partial charge >= 0.3 is 0 Å². The second kappa shape index (κ2) is 4.21. The minimum absolute atomic E-state index is 0. The molecule has 4 rings (SSSR count). The Morgan fingerprint density at radius 1 is 1.13 bits per heavy atom. The zero-order chi connectivity index (χ0) is 9.05. The van der Waals surface area contributed by atoms with Crippen molar-refractivity contribution in [3.8, 4) is 0 Å². The van der Waals surface area contributed by atoms with Crippen molar-refractivity contribution in [3.05, 3.63) is 0 Å². The van der Waals surface area contributed by atoms with E-state index in [1.54, 1.807) is 0 Å². The summed E-state index contributed by atoms with van der Waals surface area (Å²) >= 11 is 0. The average molecular weight is 236 g/mol. The lowest BCUT2D eigenvalue weighted by Gasteiger charge is -2.58. The lowest BCUT2D eigenvalue weighted by molar-refractivity contribution is -0.130. The highest BCUT2D eigenvalue weighted by molar-refractivity contribution is 5.85. The summed E-state index contributed by atoms with van der Waals surface area (Å²) in [6, 6.07) is 0. The molecule has 15 heavy (non-hydrogen) atoms. The molecular weight excluding hydrogens is 214 g/mol. The first kappa shape index (κ1) is 13.2. The van der Waals surface area contributed by atoms with Gasteiger partial charge in [0, 0.05) is 0 Å². The van der Waals surface area contributed by atoms with Crippen molar-refractivity contribution in [3.63, 3.8) is 0 Å². The van der Waals surface area contributed by atoms with Gasteiger partial charge in [0.05, 0.1) is 6.10 Å². The largest absolute Gasteiger partial charge is 0.412 e. The van der Waals surface area contributed by atoms with E-state index in [0.29, 0.717) is 17.3 Å². The second-order valence-corrected chi connectivity index (χ2v) is 5.66. The van der Waals surface area contributed by atoms with E-state index in [9.17, 15) is 5.11 Å². The fourth-order valence-electron chi connectivity index (χ4n) is 4.42. The first-order chi connectivity index (χ1) is 6.22. The molecule has 0 amide bonds. The number of nitrogens with two attached hydrogens (primary N) is 1. The predicted molar refractivity (Wildman–Crippen MR) is 61.9 cm³/mol. The van der Waals surface area contributed by atoms with E-state index in [1.165, 1.54) is 32.1 Å². The van der Waals surface area contributed by atoms with Crippen molar-refractivity contribution in [1.82, 2.24) is 0 Å². The van der Waals surface area contributed by atoms with Crippen LogP contribution in [0.3, 0.4) is 0 Å². The fourth-order valence-corrected chi connectivity index (χ4v) is 4.42.